The van der Waals surface area contributed by atoms with Gasteiger partial charge in [0, 0.05) is 31.4 Å². The van der Waals surface area contributed by atoms with Crippen molar-refractivity contribution in [2.75, 3.05) is 18.0 Å². The summed E-state index contributed by atoms with van der Waals surface area (Å²) in [7, 11) is -4.08. The number of carboxylic acid groups (broad SMARTS) is 1. The van der Waals surface area contributed by atoms with Gasteiger partial charge in [-0.15, -0.1) is 0 Å². The molecule has 34 heavy (non-hydrogen) atoms. The molecule has 0 radical (unpaired) electrons. The highest BCUT2D eigenvalue weighted by atomic mass is 35.5. The number of rotatable bonds is 4. The smallest absolute Gasteiger partial charge is 0.419 e. The summed E-state index contributed by atoms with van der Waals surface area (Å²) in [5, 5.41) is 8.06. The molecule has 1 N–H and O–H groups in total. The number of fused-ring (bicyclic) bond motifs is 1. The fourth-order valence-electron chi connectivity index (χ4n) is 5.07. The molecular weight excluding hydrogens is 495 g/mol. The molecule has 1 aromatic heterocycles. The van der Waals surface area contributed by atoms with Crippen LogP contribution in [-0.2, 0) is 27.4 Å². The van der Waals surface area contributed by atoms with Gasteiger partial charge < -0.3 is 10.0 Å². The van der Waals surface area contributed by atoms with Crippen molar-refractivity contribution >= 4 is 33.4 Å². The average molecular weight is 518 g/mol. The standard InChI is InChI=1S/C22H23ClF3N3O4S/c1-12-10-28(19-8-18(23)17(9-27-19)22(24,25)26)11-13(2)29(12)34(32,33)20-15-6-4-3-5-14(15)7-16(20)21(30)31/h3-6,8-9,12-13,16,20H,7,10-11H2,1-2H3,(H,30,31)/t12?,13?,16-,20+/m0/s1. The molecule has 2 aromatic rings. The van der Waals surface area contributed by atoms with Gasteiger partial charge in [-0.25, -0.2) is 13.4 Å². The van der Waals surface area contributed by atoms with E-state index in [2.05, 4.69) is 4.98 Å². The van der Waals surface area contributed by atoms with Crippen LogP contribution in [0.5, 0.6) is 0 Å². The molecule has 0 spiro atoms. The van der Waals surface area contributed by atoms with Crippen molar-refractivity contribution in [3.8, 4) is 0 Å². The number of halogens is 4. The number of piperazine rings is 1. The quantitative estimate of drug-likeness (QED) is 0.659. The van der Waals surface area contributed by atoms with E-state index in [-0.39, 0.29) is 25.3 Å². The molecule has 0 bridgehead atoms. The second-order valence-electron chi connectivity index (χ2n) is 8.77. The number of aliphatic carboxylic acids is 1. The molecule has 2 aliphatic rings. The number of nitrogens with zero attached hydrogens (tertiary/aromatic N) is 3. The Balaban J connectivity index is 1.63. The van der Waals surface area contributed by atoms with Crippen molar-refractivity contribution in [2.45, 2.75) is 43.8 Å². The average Bonchev–Trinajstić information content (AvgIpc) is 3.13. The van der Waals surface area contributed by atoms with Gasteiger partial charge in [-0.2, -0.15) is 17.5 Å². The largest absolute Gasteiger partial charge is 0.481 e. The highest BCUT2D eigenvalue weighted by Gasteiger charge is 2.50. The van der Waals surface area contributed by atoms with Crippen LogP contribution in [0.4, 0.5) is 19.0 Å². The van der Waals surface area contributed by atoms with Crippen molar-refractivity contribution < 1.29 is 31.5 Å². The van der Waals surface area contributed by atoms with E-state index >= 15 is 0 Å². The zero-order chi connectivity index (χ0) is 25.0. The first-order valence-corrected chi connectivity index (χ1v) is 12.5. The number of carboxylic acids is 1. The maximum Gasteiger partial charge on any atom is 0.419 e. The Morgan fingerprint density at radius 1 is 1.18 bits per heavy atom. The van der Waals surface area contributed by atoms with Crippen molar-refractivity contribution in [3.63, 3.8) is 0 Å². The third-order valence-electron chi connectivity index (χ3n) is 6.41. The molecule has 4 rings (SSSR count). The first-order chi connectivity index (χ1) is 15.8. The van der Waals surface area contributed by atoms with Gasteiger partial charge in [0.1, 0.15) is 11.1 Å². The lowest BCUT2D eigenvalue weighted by Gasteiger charge is -2.45. The van der Waals surface area contributed by atoms with E-state index in [0.717, 1.165) is 6.07 Å². The number of aromatic nitrogens is 1. The fraction of sp³-hybridized carbons (Fsp3) is 0.455. The monoisotopic (exact) mass is 517 g/mol. The molecule has 1 saturated heterocycles. The van der Waals surface area contributed by atoms with Gasteiger partial charge in [0.15, 0.2) is 0 Å². The first kappa shape index (κ1) is 24.7. The van der Waals surface area contributed by atoms with E-state index in [1.807, 2.05) is 0 Å². The van der Waals surface area contributed by atoms with Crippen LogP contribution in [-0.4, -0.2) is 54.0 Å². The maximum absolute atomic E-state index is 13.8. The van der Waals surface area contributed by atoms with E-state index in [1.165, 1.54) is 4.31 Å². The zero-order valence-corrected chi connectivity index (χ0v) is 19.9. The maximum atomic E-state index is 13.8. The van der Waals surface area contributed by atoms with Crippen LogP contribution in [0.1, 0.15) is 35.8 Å². The molecular formula is C22H23ClF3N3O4S. The number of sulfonamides is 1. The molecule has 7 nitrogen and oxygen atoms in total. The van der Waals surface area contributed by atoms with Crippen molar-refractivity contribution in [3.05, 3.63) is 58.2 Å². The Labute approximate surface area is 200 Å². The summed E-state index contributed by atoms with van der Waals surface area (Å²) >= 11 is 5.84. The highest BCUT2D eigenvalue weighted by molar-refractivity contribution is 7.89. The molecule has 1 aromatic carbocycles. The Hall–Kier alpha value is -2.37. The number of alkyl halides is 3. The predicted molar refractivity (Wildman–Crippen MR) is 120 cm³/mol. The molecule has 1 fully saturated rings. The minimum atomic E-state index is -4.63. The van der Waals surface area contributed by atoms with Gasteiger partial charge in [0.2, 0.25) is 10.0 Å². The van der Waals surface area contributed by atoms with Crippen molar-refractivity contribution in [1.82, 2.24) is 9.29 Å². The molecule has 1 aliphatic heterocycles. The van der Waals surface area contributed by atoms with Gasteiger partial charge in [0.05, 0.1) is 16.5 Å². The first-order valence-electron chi connectivity index (χ1n) is 10.6. The lowest BCUT2D eigenvalue weighted by molar-refractivity contribution is -0.141. The summed E-state index contributed by atoms with van der Waals surface area (Å²) in [6, 6.07) is 6.79. The highest BCUT2D eigenvalue weighted by Crippen LogP contribution is 2.45. The fourth-order valence-corrected chi connectivity index (χ4v) is 7.90. The van der Waals surface area contributed by atoms with Crippen LogP contribution in [0.3, 0.4) is 0 Å². The molecule has 2 heterocycles. The second kappa shape index (κ2) is 8.69. The summed E-state index contributed by atoms with van der Waals surface area (Å²) in [4.78, 5) is 17.5. The minimum absolute atomic E-state index is 0.131. The Morgan fingerprint density at radius 3 is 2.35 bits per heavy atom. The van der Waals surface area contributed by atoms with Crippen LogP contribution in [0.2, 0.25) is 5.02 Å². The van der Waals surface area contributed by atoms with Gasteiger partial charge in [0.25, 0.3) is 0 Å². The summed E-state index contributed by atoms with van der Waals surface area (Å²) in [5.41, 5.74) is 0.152. The van der Waals surface area contributed by atoms with E-state index in [1.54, 1.807) is 43.0 Å². The van der Waals surface area contributed by atoms with Crippen molar-refractivity contribution in [2.24, 2.45) is 5.92 Å². The number of anilines is 1. The number of benzene rings is 1. The third-order valence-corrected chi connectivity index (χ3v) is 9.25. The minimum Gasteiger partial charge on any atom is -0.481 e. The predicted octanol–water partition coefficient (Wildman–Crippen LogP) is 3.98. The third kappa shape index (κ3) is 4.25. The molecule has 2 unspecified atom stereocenters. The van der Waals surface area contributed by atoms with Gasteiger partial charge >= 0.3 is 12.1 Å². The van der Waals surface area contributed by atoms with Crippen LogP contribution < -0.4 is 4.90 Å². The van der Waals surface area contributed by atoms with E-state index in [9.17, 15) is 31.5 Å². The summed E-state index contributed by atoms with van der Waals surface area (Å²) in [6.07, 6.45) is -3.83. The number of hydrogen-bond acceptors (Lipinski definition) is 5. The number of pyridine rings is 1. The van der Waals surface area contributed by atoms with E-state index < -0.39 is 56.0 Å². The van der Waals surface area contributed by atoms with Crippen LogP contribution in [0.25, 0.3) is 0 Å². The number of hydrogen-bond donors (Lipinski definition) is 1. The topological polar surface area (TPSA) is 90.8 Å². The van der Waals surface area contributed by atoms with Gasteiger partial charge in [-0.05, 0) is 37.5 Å². The van der Waals surface area contributed by atoms with E-state index in [4.69, 9.17) is 11.6 Å². The Morgan fingerprint density at radius 2 is 1.79 bits per heavy atom. The molecule has 184 valence electrons. The Kier molecular flexibility index (Phi) is 6.32. The number of carbonyl (C=O) groups is 1. The van der Waals surface area contributed by atoms with Crippen LogP contribution >= 0.6 is 11.6 Å². The molecule has 4 atom stereocenters. The SMILES string of the molecule is CC1CN(c2cc(Cl)c(C(F)(F)F)cn2)CC(C)N1S(=O)(=O)[C@@H]1c2ccccc2C[C@@H]1C(=O)O. The molecule has 12 heteroatoms. The van der Waals surface area contributed by atoms with Crippen molar-refractivity contribution in [1.29, 1.82) is 0 Å². The normalized spacial score (nSPS) is 25.9. The van der Waals surface area contributed by atoms with E-state index in [0.29, 0.717) is 17.3 Å². The molecule has 0 saturated carbocycles. The van der Waals surface area contributed by atoms with Gasteiger partial charge in [-0.1, -0.05) is 35.9 Å². The van der Waals surface area contributed by atoms with Gasteiger partial charge in [-0.3, -0.25) is 4.79 Å². The molecule has 0 amide bonds. The zero-order valence-electron chi connectivity index (χ0n) is 18.3. The van der Waals surface area contributed by atoms with Crippen LogP contribution in [0, 0.1) is 5.92 Å². The lowest BCUT2D eigenvalue weighted by Crippen LogP contribution is -2.59. The summed E-state index contributed by atoms with van der Waals surface area (Å²) in [5.74, 6) is -2.06. The lowest BCUT2D eigenvalue weighted by atomic mass is 10.1. The summed E-state index contributed by atoms with van der Waals surface area (Å²) < 4.78 is 68.0. The summed E-state index contributed by atoms with van der Waals surface area (Å²) in [6.45, 7) is 3.68. The Bertz CT molecular complexity index is 1210. The molecule has 1 aliphatic carbocycles. The van der Waals surface area contributed by atoms with Crippen LogP contribution in [0.15, 0.2) is 36.5 Å². The second-order valence-corrected chi connectivity index (χ2v) is 11.1.